The van der Waals surface area contributed by atoms with Crippen LogP contribution in [0.2, 0.25) is 0 Å². The lowest BCUT2D eigenvalue weighted by Gasteiger charge is -2.41. The number of sulfonamides is 1. The van der Waals surface area contributed by atoms with Crippen LogP contribution in [-0.2, 0) is 14.8 Å². The number of piperazine rings is 1. The number of nitrogens with zero attached hydrogens (tertiary/aromatic N) is 3. The third-order valence-electron chi connectivity index (χ3n) is 5.39. The number of aromatic nitrogens is 1. The van der Waals surface area contributed by atoms with Crippen molar-refractivity contribution in [3.8, 4) is 0 Å². The molecule has 2 aliphatic heterocycles. The number of amides is 1. The van der Waals surface area contributed by atoms with Gasteiger partial charge < -0.3 is 10.2 Å². The van der Waals surface area contributed by atoms with E-state index in [1.807, 2.05) is 4.90 Å². The number of hydrogen-bond donors (Lipinski definition) is 1. The van der Waals surface area contributed by atoms with Crippen LogP contribution in [0.1, 0.15) is 26.7 Å². The molecule has 1 amide bonds. The van der Waals surface area contributed by atoms with E-state index in [0.29, 0.717) is 25.9 Å². The van der Waals surface area contributed by atoms with Gasteiger partial charge in [-0.2, -0.15) is 4.31 Å². The Morgan fingerprint density at radius 3 is 2.60 bits per heavy atom. The quantitative estimate of drug-likeness (QED) is 0.851. The van der Waals surface area contributed by atoms with Crippen molar-refractivity contribution in [3.63, 3.8) is 0 Å². The standard InChI is InChI=1S/C17H26N4O3S/c1-13-14(2)21(11-8-19-13)17(22)15-5-9-20(10-6-15)25(23,24)16-4-3-7-18-12-16/h3-4,7,12-15,19H,5-6,8-11H2,1-2H3. The molecule has 3 rings (SSSR count). The molecule has 2 saturated heterocycles. The van der Waals surface area contributed by atoms with Crippen LogP contribution in [0.15, 0.2) is 29.4 Å². The summed E-state index contributed by atoms with van der Waals surface area (Å²) in [7, 11) is -3.52. The summed E-state index contributed by atoms with van der Waals surface area (Å²) in [5.74, 6) is 0.0763. The van der Waals surface area contributed by atoms with E-state index in [0.717, 1.165) is 13.1 Å². The van der Waals surface area contributed by atoms with Crippen molar-refractivity contribution < 1.29 is 13.2 Å². The van der Waals surface area contributed by atoms with Crippen LogP contribution in [0.5, 0.6) is 0 Å². The fourth-order valence-corrected chi connectivity index (χ4v) is 5.03. The van der Waals surface area contributed by atoms with Crippen LogP contribution >= 0.6 is 0 Å². The Hall–Kier alpha value is -1.51. The molecule has 2 unspecified atom stereocenters. The van der Waals surface area contributed by atoms with Gasteiger partial charge in [0, 0.05) is 56.6 Å². The van der Waals surface area contributed by atoms with Crippen molar-refractivity contribution in [2.24, 2.45) is 5.92 Å². The molecule has 2 atom stereocenters. The van der Waals surface area contributed by atoms with Crippen LogP contribution in [0.4, 0.5) is 0 Å². The highest BCUT2D eigenvalue weighted by molar-refractivity contribution is 7.89. The molecule has 0 aliphatic carbocycles. The number of pyridine rings is 1. The van der Waals surface area contributed by atoms with Crippen molar-refractivity contribution in [3.05, 3.63) is 24.5 Å². The second kappa shape index (κ2) is 7.39. The summed E-state index contributed by atoms with van der Waals surface area (Å²) in [4.78, 5) is 18.9. The zero-order chi connectivity index (χ0) is 18.0. The Kier molecular flexibility index (Phi) is 5.41. The Bertz CT molecular complexity index is 702. The molecule has 3 heterocycles. The topological polar surface area (TPSA) is 82.6 Å². The predicted octanol–water partition coefficient (Wildman–Crippen LogP) is 0.691. The largest absolute Gasteiger partial charge is 0.337 e. The molecule has 1 N–H and O–H groups in total. The van der Waals surface area contributed by atoms with Crippen molar-refractivity contribution in [1.82, 2.24) is 19.5 Å². The van der Waals surface area contributed by atoms with Gasteiger partial charge in [-0.3, -0.25) is 9.78 Å². The summed E-state index contributed by atoms with van der Waals surface area (Å²) in [6.07, 6.45) is 4.07. The average molecular weight is 366 g/mol. The van der Waals surface area contributed by atoms with E-state index in [1.54, 1.807) is 18.3 Å². The van der Waals surface area contributed by atoms with Crippen LogP contribution in [0, 0.1) is 5.92 Å². The van der Waals surface area contributed by atoms with Gasteiger partial charge in [0.25, 0.3) is 0 Å². The SMILES string of the molecule is CC1NCCN(C(=O)C2CCN(S(=O)(=O)c3cccnc3)CC2)C1C. The van der Waals surface area contributed by atoms with Gasteiger partial charge in [-0.15, -0.1) is 0 Å². The first kappa shape index (κ1) is 18.3. The minimum atomic E-state index is -3.52. The Balaban J connectivity index is 1.63. The van der Waals surface area contributed by atoms with Crippen molar-refractivity contribution in [2.45, 2.75) is 43.7 Å². The molecule has 7 nitrogen and oxygen atoms in total. The first-order valence-electron chi connectivity index (χ1n) is 8.85. The number of carbonyl (C=O) groups is 1. The minimum Gasteiger partial charge on any atom is -0.337 e. The van der Waals surface area contributed by atoms with E-state index in [2.05, 4.69) is 24.1 Å². The van der Waals surface area contributed by atoms with Crippen LogP contribution < -0.4 is 5.32 Å². The van der Waals surface area contributed by atoms with Gasteiger partial charge in [0.2, 0.25) is 15.9 Å². The molecule has 0 aromatic carbocycles. The smallest absolute Gasteiger partial charge is 0.244 e. The Morgan fingerprint density at radius 2 is 1.96 bits per heavy atom. The molecule has 0 radical (unpaired) electrons. The van der Waals surface area contributed by atoms with Gasteiger partial charge in [-0.1, -0.05) is 0 Å². The molecule has 1 aromatic rings. The third-order valence-corrected chi connectivity index (χ3v) is 7.27. The first-order valence-corrected chi connectivity index (χ1v) is 10.3. The van der Waals surface area contributed by atoms with Crippen LogP contribution in [0.3, 0.4) is 0 Å². The van der Waals surface area contributed by atoms with Crippen LogP contribution in [-0.4, -0.2) is 66.8 Å². The van der Waals surface area contributed by atoms with Crippen molar-refractivity contribution in [1.29, 1.82) is 0 Å². The molecule has 2 aliphatic rings. The molecule has 138 valence electrons. The lowest BCUT2D eigenvalue weighted by molar-refractivity contribution is -0.140. The maximum Gasteiger partial charge on any atom is 0.244 e. The molecule has 1 aromatic heterocycles. The van der Waals surface area contributed by atoms with Gasteiger partial charge in [0.1, 0.15) is 4.90 Å². The number of nitrogens with one attached hydrogen (secondary N) is 1. The van der Waals surface area contributed by atoms with E-state index < -0.39 is 10.0 Å². The summed E-state index contributed by atoms with van der Waals surface area (Å²) in [5.41, 5.74) is 0. The molecule has 0 saturated carbocycles. The number of hydrogen-bond acceptors (Lipinski definition) is 5. The second-order valence-corrected chi connectivity index (χ2v) is 8.82. The van der Waals surface area contributed by atoms with E-state index >= 15 is 0 Å². The summed E-state index contributed by atoms with van der Waals surface area (Å²) in [6, 6.07) is 3.63. The first-order chi connectivity index (χ1) is 11.9. The van der Waals surface area contributed by atoms with Gasteiger partial charge in [0.05, 0.1) is 0 Å². The lowest BCUT2D eigenvalue weighted by Crippen LogP contribution is -2.59. The van der Waals surface area contributed by atoms with Crippen molar-refractivity contribution in [2.75, 3.05) is 26.2 Å². The number of piperidine rings is 1. The Labute approximate surface area is 149 Å². The van der Waals surface area contributed by atoms with E-state index in [1.165, 1.54) is 10.5 Å². The summed E-state index contributed by atoms with van der Waals surface area (Å²) < 4.78 is 26.8. The molecule has 8 heteroatoms. The molecule has 25 heavy (non-hydrogen) atoms. The molecular weight excluding hydrogens is 340 g/mol. The van der Waals surface area contributed by atoms with Crippen molar-refractivity contribution >= 4 is 15.9 Å². The minimum absolute atomic E-state index is 0.0897. The van der Waals surface area contributed by atoms with Crippen LogP contribution in [0.25, 0.3) is 0 Å². The fraction of sp³-hybridized carbons (Fsp3) is 0.647. The van der Waals surface area contributed by atoms with E-state index in [-0.39, 0.29) is 28.8 Å². The average Bonchev–Trinajstić information content (AvgIpc) is 2.64. The maximum absolute atomic E-state index is 12.9. The highest BCUT2D eigenvalue weighted by atomic mass is 32.2. The monoisotopic (exact) mass is 366 g/mol. The fourth-order valence-electron chi connectivity index (χ4n) is 3.59. The zero-order valence-electron chi connectivity index (χ0n) is 14.8. The van der Waals surface area contributed by atoms with Gasteiger partial charge >= 0.3 is 0 Å². The second-order valence-electron chi connectivity index (χ2n) is 6.88. The zero-order valence-corrected chi connectivity index (χ0v) is 15.6. The third kappa shape index (κ3) is 3.70. The summed E-state index contributed by atoms with van der Waals surface area (Å²) >= 11 is 0. The molecule has 2 fully saturated rings. The maximum atomic E-state index is 12.9. The summed E-state index contributed by atoms with van der Waals surface area (Å²) in [5, 5.41) is 3.38. The highest BCUT2D eigenvalue weighted by Crippen LogP contribution is 2.26. The number of carbonyl (C=O) groups excluding carboxylic acids is 1. The van der Waals surface area contributed by atoms with E-state index in [4.69, 9.17) is 0 Å². The van der Waals surface area contributed by atoms with E-state index in [9.17, 15) is 13.2 Å². The summed E-state index contributed by atoms with van der Waals surface area (Å²) in [6.45, 7) is 6.45. The van der Waals surface area contributed by atoms with Gasteiger partial charge in [-0.25, -0.2) is 8.42 Å². The number of rotatable bonds is 3. The predicted molar refractivity (Wildman–Crippen MR) is 94.4 cm³/mol. The lowest BCUT2D eigenvalue weighted by atomic mass is 9.94. The Morgan fingerprint density at radius 1 is 1.24 bits per heavy atom. The van der Waals surface area contributed by atoms with Gasteiger partial charge in [-0.05, 0) is 38.8 Å². The molecule has 0 spiro atoms. The normalized spacial score (nSPS) is 26.6. The molecule has 0 bridgehead atoms. The van der Waals surface area contributed by atoms with Gasteiger partial charge in [0.15, 0.2) is 0 Å². The molecular formula is C17H26N4O3S. The highest BCUT2D eigenvalue weighted by Gasteiger charge is 2.36.